The highest BCUT2D eigenvalue weighted by atomic mass is 35.5. The molecule has 0 aromatic heterocycles. The van der Waals surface area contributed by atoms with Gasteiger partial charge in [0.15, 0.2) is 0 Å². The molecule has 2 aliphatic heterocycles. The molecule has 4 rings (SSSR count). The second kappa shape index (κ2) is 9.80. The molecule has 0 bridgehead atoms. The lowest BCUT2D eigenvalue weighted by atomic mass is 9.83. The minimum absolute atomic E-state index is 0.0195. The monoisotopic (exact) mass is 458 g/mol. The van der Waals surface area contributed by atoms with Crippen LogP contribution in [-0.2, 0) is 11.3 Å². The number of ether oxygens (including phenoxy) is 1. The van der Waals surface area contributed by atoms with E-state index in [4.69, 9.17) is 16.3 Å². The molecule has 2 aromatic carbocycles. The van der Waals surface area contributed by atoms with Crippen molar-refractivity contribution in [3.05, 3.63) is 64.4 Å². The van der Waals surface area contributed by atoms with Crippen LogP contribution < -0.4 is 10.1 Å². The Morgan fingerprint density at radius 2 is 1.91 bits per heavy atom. The summed E-state index contributed by atoms with van der Waals surface area (Å²) in [5, 5.41) is 3.74. The Morgan fingerprint density at radius 1 is 1.19 bits per heavy atom. The molecule has 2 aliphatic rings. The lowest BCUT2D eigenvalue weighted by molar-refractivity contribution is -0.128. The first-order valence-electron chi connectivity index (χ1n) is 11.7. The molecular weight excluding hydrogens is 427 g/mol. The van der Waals surface area contributed by atoms with E-state index >= 15 is 0 Å². The van der Waals surface area contributed by atoms with E-state index in [1.165, 1.54) is 6.07 Å². The van der Waals surface area contributed by atoms with Crippen molar-refractivity contribution in [2.45, 2.75) is 64.1 Å². The summed E-state index contributed by atoms with van der Waals surface area (Å²) in [5.74, 6) is 0.706. The largest absolute Gasteiger partial charge is 0.487 e. The van der Waals surface area contributed by atoms with Crippen LogP contribution in [0.25, 0.3) is 0 Å². The van der Waals surface area contributed by atoms with Crippen molar-refractivity contribution in [3.63, 3.8) is 0 Å². The number of nitrogens with zero attached hydrogens (tertiary/aromatic N) is 1. The van der Waals surface area contributed by atoms with Gasteiger partial charge < -0.3 is 10.1 Å². The molecule has 1 N–H and O–H groups in total. The summed E-state index contributed by atoms with van der Waals surface area (Å²) in [7, 11) is 0. The van der Waals surface area contributed by atoms with E-state index in [0.29, 0.717) is 17.1 Å². The fourth-order valence-electron chi connectivity index (χ4n) is 4.96. The molecule has 32 heavy (non-hydrogen) atoms. The second-order valence-corrected chi connectivity index (χ2v) is 9.52. The van der Waals surface area contributed by atoms with Crippen LogP contribution in [0.4, 0.5) is 4.39 Å². The van der Waals surface area contributed by atoms with Gasteiger partial charge in [0, 0.05) is 35.0 Å². The van der Waals surface area contributed by atoms with Crippen molar-refractivity contribution < 1.29 is 13.9 Å². The number of carbonyl (C=O) groups excluding carboxylic acids is 1. The smallest absolute Gasteiger partial charge is 0.223 e. The number of amides is 1. The first-order valence-corrected chi connectivity index (χ1v) is 12.1. The number of hydrogen-bond acceptors (Lipinski definition) is 3. The first kappa shape index (κ1) is 23.1. The van der Waals surface area contributed by atoms with Crippen molar-refractivity contribution >= 4 is 17.5 Å². The maximum absolute atomic E-state index is 14.1. The number of rotatable bonds is 6. The number of para-hydroxylation sites is 1. The fourth-order valence-corrected chi connectivity index (χ4v) is 5.12. The zero-order valence-electron chi connectivity index (χ0n) is 18.9. The Kier molecular flexibility index (Phi) is 7.06. The maximum atomic E-state index is 14.1. The van der Waals surface area contributed by atoms with E-state index in [0.717, 1.165) is 56.5 Å². The Hall–Kier alpha value is -2.11. The molecule has 172 valence electrons. The summed E-state index contributed by atoms with van der Waals surface area (Å²) in [5.41, 5.74) is 1.47. The molecular formula is C26H32ClFN2O2. The molecule has 0 aliphatic carbocycles. The van der Waals surface area contributed by atoms with Gasteiger partial charge in [0.05, 0.1) is 6.04 Å². The second-order valence-electron chi connectivity index (χ2n) is 9.08. The minimum atomic E-state index is -0.272. The third kappa shape index (κ3) is 4.94. The van der Waals surface area contributed by atoms with Gasteiger partial charge in [-0.3, -0.25) is 9.69 Å². The Balaban J connectivity index is 1.37. The van der Waals surface area contributed by atoms with Gasteiger partial charge in [0.25, 0.3) is 0 Å². The fraction of sp³-hybridized carbons (Fsp3) is 0.500. The van der Waals surface area contributed by atoms with E-state index in [2.05, 4.69) is 30.1 Å². The number of likely N-dealkylation sites (tertiary alicyclic amines) is 1. The lowest BCUT2D eigenvalue weighted by Gasteiger charge is -2.42. The number of hydrogen-bond donors (Lipinski definition) is 1. The number of fused-ring (bicyclic) bond motifs is 1. The normalized spacial score (nSPS) is 20.9. The number of halogens is 2. The molecule has 0 radical (unpaired) electrons. The zero-order valence-corrected chi connectivity index (χ0v) is 19.6. The third-order valence-electron chi connectivity index (χ3n) is 7.17. The van der Waals surface area contributed by atoms with E-state index in [1.54, 1.807) is 12.1 Å². The standard InChI is InChI=1S/C26H32ClFN2O2/c1-3-26(4-2)16-23(21-7-5-6-8-24(21)32-26)29-25(31)18-11-13-30(14-12-18)17-19-9-10-20(27)15-22(19)28/h5-10,15,18,23H,3-4,11-14,16-17H2,1-2H3,(H,29,31)/t23-/m1/s1. The molecule has 1 saturated heterocycles. The Bertz CT molecular complexity index is 955. The molecule has 0 spiro atoms. The van der Waals surface area contributed by atoms with E-state index < -0.39 is 0 Å². The van der Waals surface area contributed by atoms with Crippen LogP contribution in [-0.4, -0.2) is 29.5 Å². The highest BCUT2D eigenvalue weighted by Crippen LogP contribution is 2.42. The van der Waals surface area contributed by atoms with E-state index in [9.17, 15) is 9.18 Å². The number of piperidine rings is 1. The van der Waals surface area contributed by atoms with Crippen molar-refractivity contribution in [3.8, 4) is 5.75 Å². The first-order chi connectivity index (χ1) is 15.4. The molecule has 6 heteroatoms. The third-order valence-corrected chi connectivity index (χ3v) is 7.40. The predicted octanol–water partition coefficient (Wildman–Crippen LogP) is 5.89. The summed E-state index contributed by atoms with van der Waals surface area (Å²) >= 11 is 5.86. The average molecular weight is 459 g/mol. The van der Waals surface area contributed by atoms with Crippen molar-refractivity contribution in [2.75, 3.05) is 13.1 Å². The molecule has 2 heterocycles. The van der Waals surface area contributed by atoms with Crippen LogP contribution in [0.15, 0.2) is 42.5 Å². The highest BCUT2D eigenvalue weighted by molar-refractivity contribution is 6.30. The lowest BCUT2D eigenvalue weighted by Crippen LogP contribution is -2.47. The van der Waals surface area contributed by atoms with E-state index in [-0.39, 0.29) is 29.3 Å². The van der Waals surface area contributed by atoms with Gasteiger partial charge in [-0.1, -0.05) is 49.7 Å². The molecule has 1 atom stereocenters. The quantitative estimate of drug-likeness (QED) is 0.586. The van der Waals surface area contributed by atoms with Crippen LogP contribution in [0, 0.1) is 11.7 Å². The van der Waals surface area contributed by atoms with Crippen LogP contribution in [0.5, 0.6) is 5.75 Å². The summed E-state index contributed by atoms with van der Waals surface area (Å²) in [6.45, 7) is 6.39. The topological polar surface area (TPSA) is 41.6 Å². The van der Waals surface area contributed by atoms with Gasteiger partial charge >= 0.3 is 0 Å². The van der Waals surface area contributed by atoms with Crippen molar-refractivity contribution in [1.82, 2.24) is 10.2 Å². The molecule has 4 nitrogen and oxygen atoms in total. The van der Waals surface area contributed by atoms with Crippen LogP contribution in [0.2, 0.25) is 5.02 Å². The summed E-state index contributed by atoms with van der Waals surface area (Å²) in [6.07, 6.45) is 4.16. The summed E-state index contributed by atoms with van der Waals surface area (Å²) in [6, 6.07) is 12.8. The molecule has 1 fully saturated rings. The van der Waals surface area contributed by atoms with Gasteiger partial charge in [-0.05, 0) is 57.0 Å². The predicted molar refractivity (Wildman–Crippen MR) is 125 cm³/mol. The van der Waals surface area contributed by atoms with E-state index in [1.807, 2.05) is 18.2 Å². The number of carbonyl (C=O) groups is 1. The van der Waals surface area contributed by atoms with Crippen molar-refractivity contribution in [1.29, 1.82) is 0 Å². The van der Waals surface area contributed by atoms with Gasteiger partial charge in [-0.25, -0.2) is 4.39 Å². The van der Waals surface area contributed by atoms with Gasteiger partial charge in [-0.15, -0.1) is 0 Å². The van der Waals surface area contributed by atoms with Crippen LogP contribution >= 0.6 is 11.6 Å². The van der Waals surface area contributed by atoms with Crippen LogP contribution in [0.1, 0.15) is 63.1 Å². The zero-order chi connectivity index (χ0) is 22.7. The average Bonchev–Trinajstić information content (AvgIpc) is 2.81. The summed E-state index contributed by atoms with van der Waals surface area (Å²) < 4.78 is 20.5. The minimum Gasteiger partial charge on any atom is -0.487 e. The molecule has 1 amide bonds. The maximum Gasteiger partial charge on any atom is 0.223 e. The van der Waals surface area contributed by atoms with Gasteiger partial charge in [0.1, 0.15) is 17.2 Å². The SMILES string of the molecule is CCC1(CC)C[C@@H](NC(=O)C2CCN(Cc3ccc(Cl)cc3F)CC2)c2ccccc2O1. The highest BCUT2D eigenvalue weighted by Gasteiger charge is 2.39. The molecule has 0 saturated carbocycles. The Morgan fingerprint density at radius 3 is 2.59 bits per heavy atom. The van der Waals surface area contributed by atoms with Crippen LogP contribution in [0.3, 0.4) is 0 Å². The van der Waals surface area contributed by atoms with Gasteiger partial charge in [0.2, 0.25) is 5.91 Å². The summed E-state index contributed by atoms with van der Waals surface area (Å²) in [4.78, 5) is 15.4. The number of benzene rings is 2. The Labute approximate surface area is 195 Å². The van der Waals surface area contributed by atoms with Gasteiger partial charge in [-0.2, -0.15) is 0 Å². The molecule has 0 unspecified atom stereocenters. The number of nitrogens with one attached hydrogen (secondary N) is 1. The van der Waals surface area contributed by atoms with Crippen molar-refractivity contribution in [2.24, 2.45) is 5.92 Å². The molecule has 2 aromatic rings.